The predicted octanol–water partition coefficient (Wildman–Crippen LogP) is 3.02. The molecule has 1 aromatic heterocycles. The van der Waals surface area contributed by atoms with Crippen LogP contribution in [0.5, 0.6) is 11.6 Å². The topological polar surface area (TPSA) is 74.5 Å². The summed E-state index contributed by atoms with van der Waals surface area (Å²) in [5, 5.41) is 10.0. The van der Waals surface area contributed by atoms with Crippen LogP contribution < -0.4 is 14.4 Å². The molecule has 0 spiro atoms. The van der Waals surface area contributed by atoms with Gasteiger partial charge in [0.2, 0.25) is 11.8 Å². The van der Waals surface area contributed by atoms with Gasteiger partial charge in [-0.1, -0.05) is 12.1 Å². The quantitative estimate of drug-likeness (QED) is 0.754. The normalized spacial score (nSPS) is 24.8. The third-order valence-electron chi connectivity index (χ3n) is 6.58. The molecule has 7 nitrogen and oxygen atoms in total. The highest BCUT2D eigenvalue weighted by atomic mass is 16.5. The number of methoxy groups -OCH3 is 2. The van der Waals surface area contributed by atoms with E-state index in [-0.39, 0.29) is 0 Å². The van der Waals surface area contributed by atoms with E-state index in [4.69, 9.17) is 9.47 Å². The molecule has 158 valence electrons. The molecule has 0 bridgehead atoms. The first-order chi connectivity index (χ1) is 14.7. The smallest absolute Gasteiger partial charge is 0.228 e. The molecule has 1 aliphatic carbocycles. The Labute approximate surface area is 178 Å². The lowest BCUT2D eigenvalue weighted by Crippen LogP contribution is -2.52. The van der Waals surface area contributed by atoms with Crippen molar-refractivity contribution in [1.82, 2.24) is 14.9 Å². The second-order valence-electron chi connectivity index (χ2n) is 8.08. The molecule has 1 saturated heterocycles. The summed E-state index contributed by atoms with van der Waals surface area (Å²) in [6.45, 7) is 3.79. The predicted molar refractivity (Wildman–Crippen MR) is 115 cm³/mol. The maximum atomic E-state index is 10.0. The van der Waals surface area contributed by atoms with Crippen LogP contribution in [0.15, 0.2) is 36.5 Å². The Bertz CT molecular complexity index is 896. The number of benzene rings is 1. The number of hydrogen-bond acceptors (Lipinski definition) is 7. The first-order valence-corrected chi connectivity index (χ1v) is 10.6. The molecule has 4 rings (SSSR count). The Morgan fingerprint density at radius 3 is 2.50 bits per heavy atom. The van der Waals surface area contributed by atoms with E-state index in [1.807, 2.05) is 18.2 Å². The van der Waals surface area contributed by atoms with E-state index in [2.05, 4.69) is 31.9 Å². The number of rotatable bonds is 5. The Hall–Kier alpha value is -2.85. The largest absolute Gasteiger partial charge is 0.497 e. The Morgan fingerprint density at radius 2 is 1.83 bits per heavy atom. The summed E-state index contributed by atoms with van der Waals surface area (Å²) >= 11 is 0. The van der Waals surface area contributed by atoms with Gasteiger partial charge in [-0.05, 0) is 43.4 Å². The number of ether oxygens (including phenoxy) is 2. The first-order valence-electron chi connectivity index (χ1n) is 10.6. The van der Waals surface area contributed by atoms with Gasteiger partial charge >= 0.3 is 0 Å². The molecule has 1 aromatic carbocycles. The van der Waals surface area contributed by atoms with E-state index in [1.54, 1.807) is 26.5 Å². The van der Waals surface area contributed by atoms with Crippen LogP contribution in [0.3, 0.4) is 0 Å². The number of aromatic nitrogens is 2. The third kappa shape index (κ3) is 4.05. The lowest BCUT2D eigenvalue weighted by Gasteiger charge is -2.44. The van der Waals surface area contributed by atoms with Crippen molar-refractivity contribution in [2.24, 2.45) is 0 Å². The van der Waals surface area contributed by atoms with Crippen LogP contribution in [0.1, 0.15) is 31.2 Å². The van der Waals surface area contributed by atoms with Crippen LogP contribution in [0.25, 0.3) is 0 Å². The maximum Gasteiger partial charge on any atom is 0.228 e. The Kier molecular flexibility index (Phi) is 6.05. The average Bonchev–Trinajstić information content (AvgIpc) is 2.84. The SMILES string of the molecule is COc1cccc([C@]2(C#N)CC[C@@H](N3CCN(c4nccc(OC)n4)CC3)CC2)c1. The van der Waals surface area contributed by atoms with Crippen molar-refractivity contribution in [2.45, 2.75) is 37.1 Å². The second kappa shape index (κ2) is 8.88. The number of nitriles is 1. The second-order valence-corrected chi connectivity index (χ2v) is 8.08. The van der Waals surface area contributed by atoms with Gasteiger partial charge in [-0.2, -0.15) is 10.2 Å². The number of piperazine rings is 1. The lowest BCUT2D eigenvalue weighted by atomic mass is 9.69. The maximum absolute atomic E-state index is 10.0. The fourth-order valence-electron chi connectivity index (χ4n) is 4.73. The molecular weight excluding hydrogens is 378 g/mol. The van der Waals surface area contributed by atoms with E-state index in [9.17, 15) is 5.26 Å². The van der Waals surface area contributed by atoms with E-state index in [1.165, 1.54) is 0 Å². The lowest BCUT2D eigenvalue weighted by molar-refractivity contribution is 0.129. The van der Waals surface area contributed by atoms with Gasteiger partial charge < -0.3 is 14.4 Å². The van der Waals surface area contributed by atoms with Crippen LogP contribution in [-0.2, 0) is 5.41 Å². The van der Waals surface area contributed by atoms with Crippen LogP contribution in [0.2, 0.25) is 0 Å². The fraction of sp³-hybridized carbons (Fsp3) is 0.522. The van der Waals surface area contributed by atoms with Crippen molar-refractivity contribution in [2.75, 3.05) is 45.3 Å². The molecule has 0 unspecified atom stereocenters. The van der Waals surface area contributed by atoms with Crippen molar-refractivity contribution in [3.63, 3.8) is 0 Å². The molecule has 0 atom stereocenters. The van der Waals surface area contributed by atoms with Gasteiger partial charge in [0.1, 0.15) is 5.75 Å². The van der Waals surface area contributed by atoms with Gasteiger partial charge in [0.15, 0.2) is 0 Å². The number of hydrogen-bond donors (Lipinski definition) is 0. The summed E-state index contributed by atoms with van der Waals surface area (Å²) in [4.78, 5) is 13.6. The molecular formula is C23H29N5O2. The van der Waals surface area contributed by atoms with Crippen molar-refractivity contribution >= 4 is 5.95 Å². The standard InChI is InChI=1S/C23H29N5O2/c1-29-20-5-3-4-18(16-20)23(17-24)9-6-19(7-10-23)27-12-14-28(15-13-27)22-25-11-8-21(26-22)30-2/h3-5,8,11,16,19H,6-7,9-10,12-15H2,1-2H3/t19-,23-. The average molecular weight is 408 g/mol. The Morgan fingerprint density at radius 1 is 1.07 bits per heavy atom. The minimum Gasteiger partial charge on any atom is -0.497 e. The molecule has 0 N–H and O–H groups in total. The highest BCUT2D eigenvalue weighted by Crippen LogP contribution is 2.41. The molecule has 7 heteroatoms. The third-order valence-corrected chi connectivity index (χ3v) is 6.58. The molecule has 1 aliphatic heterocycles. The highest BCUT2D eigenvalue weighted by Gasteiger charge is 2.39. The van der Waals surface area contributed by atoms with Crippen molar-refractivity contribution in [1.29, 1.82) is 5.26 Å². The van der Waals surface area contributed by atoms with E-state index >= 15 is 0 Å². The molecule has 2 aromatic rings. The summed E-state index contributed by atoms with van der Waals surface area (Å²) < 4.78 is 10.6. The van der Waals surface area contributed by atoms with Gasteiger partial charge in [0.25, 0.3) is 0 Å². The van der Waals surface area contributed by atoms with Crippen LogP contribution in [0.4, 0.5) is 5.95 Å². The molecule has 2 heterocycles. The minimum atomic E-state index is -0.401. The van der Waals surface area contributed by atoms with Gasteiger partial charge in [0.05, 0.1) is 25.7 Å². The summed E-state index contributed by atoms with van der Waals surface area (Å²) in [6.07, 6.45) is 5.61. The van der Waals surface area contributed by atoms with E-state index in [0.717, 1.165) is 69.1 Å². The van der Waals surface area contributed by atoms with Crippen molar-refractivity contribution < 1.29 is 9.47 Å². The van der Waals surface area contributed by atoms with Crippen LogP contribution in [-0.4, -0.2) is 61.3 Å². The van der Waals surface area contributed by atoms with Gasteiger partial charge in [-0.25, -0.2) is 4.98 Å². The Balaban J connectivity index is 1.36. The molecule has 30 heavy (non-hydrogen) atoms. The van der Waals surface area contributed by atoms with Gasteiger partial charge in [-0.15, -0.1) is 0 Å². The first kappa shape index (κ1) is 20.4. The summed E-state index contributed by atoms with van der Waals surface area (Å²) in [5.74, 6) is 2.15. The molecule has 2 aliphatic rings. The summed E-state index contributed by atoms with van der Waals surface area (Å²) in [6, 6.07) is 13.0. The zero-order chi connectivity index (χ0) is 21.0. The van der Waals surface area contributed by atoms with Crippen LogP contribution in [0, 0.1) is 11.3 Å². The monoisotopic (exact) mass is 407 g/mol. The summed E-state index contributed by atoms with van der Waals surface area (Å²) in [7, 11) is 3.30. The fourth-order valence-corrected chi connectivity index (χ4v) is 4.73. The van der Waals surface area contributed by atoms with Gasteiger partial charge in [0, 0.05) is 44.5 Å². The number of anilines is 1. The molecule has 0 radical (unpaired) electrons. The molecule has 0 amide bonds. The summed E-state index contributed by atoms with van der Waals surface area (Å²) in [5.41, 5.74) is 0.684. The van der Waals surface area contributed by atoms with E-state index in [0.29, 0.717) is 11.9 Å². The molecule has 1 saturated carbocycles. The zero-order valence-electron chi connectivity index (χ0n) is 17.8. The van der Waals surface area contributed by atoms with Gasteiger partial charge in [-0.3, -0.25) is 4.90 Å². The van der Waals surface area contributed by atoms with Crippen LogP contribution >= 0.6 is 0 Å². The van der Waals surface area contributed by atoms with E-state index < -0.39 is 5.41 Å². The highest BCUT2D eigenvalue weighted by molar-refractivity contribution is 5.39. The van der Waals surface area contributed by atoms with Crippen molar-refractivity contribution in [3.8, 4) is 17.7 Å². The minimum absolute atomic E-state index is 0.401. The number of nitrogens with zero attached hydrogens (tertiary/aromatic N) is 5. The molecule has 2 fully saturated rings. The zero-order valence-corrected chi connectivity index (χ0v) is 17.8. The van der Waals surface area contributed by atoms with Crippen molar-refractivity contribution in [3.05, 3.63) is 42.1 Å².